The van der Waals surface area contributed by atoms with E-state index in [2.05, 4.69) is 0 Å². The van der Waals surface area contributed by atoms with Gasteiger partial charge in [0.05, 0.1) is 17.1 Å². The normalized spacial score (nSPS) is 35.1. The van der Waals surface area contributed by atoms with Gasteiger partial charge in [0.1, 0.15) is 0 Å². The molecule has 6 N–H and O–H groups in total. The van der Waals surface area contributed by atoms with Crippen molar-refractivity contribution in [3.05, 3.63) is 88.0 Å². The molecule has 360 valence electrons. The lowest BCUT2D eigenvalue weighted by Gasteiger charge is -2.63. The molecule has 12 aliphatic carbocycles. The van der Waals surface area contributed by atoms with Crippen LogP contribution in [0.15, 0.2) is 54.6 Å². The van der Waals surface area contributed by atoms with E-state index < -0.39 is 0 Å². The van der Waals surface area contributed by atoms with Gasteiger partial charge in [-0.25, -0.2) is 0 Å². The molecule has 4 aromatic rings. The monoisotopic (exact) mass is 928 g/mol. The zero-order chi connectivity index (χ0) is 47.3. The summed E-state index contributed by atoms with van der Waals surface area (Å²) in [4.78, 5) is 38.4. The minimum atomic E-state index is -0.170. The van der Waals surface area contributed by atoms with E-state index >= 15 is 0 Å². The highest BCUT2D eigenvalue weighted by atomic mass is 16.5. The third-order valence-corrected chi connectivity index (χ3v) is 20.0. The molecule has 9 nitrogen and oxygen atoms in total. The zero-order valence-corrected chi connectivity index (χ0v) is 40.8. The molecule has 12 bridgehead atoms. The van der Waals surface area contributed by atoms with Crippen molar-refractivity contribution >= 4 is 34.4 Å². The Morgan fingerprint density at radius 3 is 0.841 bits per heavy atom. The molecular formula is C60H69N3O6. The average Bonchev–Trinajstić information content (AvgIpc) is 3.27. The van der Waals surface area contributed by atoms with E-state index in [0.29, 0.717) is 122 Å². The van der Waals surface area contributed by atoms with Gasteiger partial charge in [0, 0.05) is 38.6 Å². The first-order chi connectivity index (χ1) is 33.1. The second-order valence-electron chi connectivity index (χ2n) is 24.9. The minimum absolute atomic E-state index is 0.0656. The maximum Gasteiger partial charge on any atom is 0.213 e. The molecule has 0 atom stereocenters. The summed E-state index contributed by atoms with van der Waals surface area (Å²) in [5.74, 6) is 8.77. The predicted octanol–water partition coefficient (Wildman–Crippen LogP) is 13.8. The number of nitrogens with two attached hydrogens (primary N) is 3. The molecule has 4 aromatic carbocycles. The Morgan fingerprint density at radius 2 is 0.609 bits per heavy atom. The zero-order valence-electron chi connectivity index (χ0n) is 40.8. The summed E-state index contributed by atoms with van der Waals surface area (Å²) in [5, 5.41) is 0. The van der Waals surface area contributed by atoms with Crippen LogP contribution < -0.4 is 31.4 Å². The molecular weight excluding hydrogens is 859 g/mol. The van der Waals surface area contributed by atoms with Crippen molar-refractivity contribution in [2.75, 3.05) is 17.2 Å². The summed E-state index contributed by atoms with van der Waals surface area (Å²) in [5.41, 5.74) is 27.5. The molecule has 0 aliphatic heterocycles. The predicted molar refractivity (Wildman–Crippen MR) is 269 cm³/mol. The second kappa shape index (κ2) is 15.6. The lowest BCUT2D eigenvalue weighted by atomic mass is 9.41. The van der Waals surface area contributed by atoms with Gasteiger partial charge in [0.2, 0.25) is 5.75 Å². The van der Waals surface area contributed by atoms with Crippen molar-refractivity contribution in [3.63, 3.8) is 0 Å². The molecule has 0 heterocycles. The van der Waals surface area contributed by atoms with Crippen molar-refractivity contribution in [3.8, 4) is 34.5 Å². The van der Waals surface area contributed by atoms with Gasteiger partial charge < -0.3 is 31.4 Å². The van der Waals surface area contributed by atoms with E-state index in [9.17, 15) is 14.4 Å². The Balaban J connectivity index is 1.18. The third-order valence-electron chi connectivity index (χ3n) is 20.0. The number of benzene rings is 4. The quantitative estimate of drug-likeness (QED) is 0.0929. The molecule has 0 aromatic heterocycles. The van der Waals surface area contributed by atoms with Crippen LogP contribution in [0, 0.1) is 53.3 Å². The second-order valence-corrected chi connectivity index (χ2v) is 24.9. The van der Waals surface area contributed by atoms with Crippen LogP contribution in [-0.4, -0.2) is 17.3 Å². The number of ether oxygens (including phenoxy) is 3. The Hall–Kier alpha value is -5.31. The first kappa shape index (κ1) is 43.7. The summed E-state index contributed by atoms with van der Waals surface area (Å²) in [6.45, 7) is 4.68. The van der Waals surface area contributed by atoms with E-state index in [1.54, 1.807) is 45.0 Å². The van der Waals surface area contributed by atoms with Gasteiger partial charge in [-0.3, -0.25) is 14.4 Å². The van der Waals surface area contributed by atoms with Gasteiger partial charge in [-0.15, -0.1) is 0 Å². The number of ketones is 3. The van der Waals surface area contributed by atoms with Crippen molar-refractivity contribution in [1.29, 1.82) is 0 Å². The fraction of sp³-hybridized carbons (Fsp3) is 0.550. The Morgan fingerprint density at radius 1 is 0.377 bits per heavy atom. The number of Topliss-reactive ketones (excluding diaryl/α,β-unsaturated/α-hetero) is 3. The minimum Gasteiger partial charge on any atom is -0.451 e. The van der Waals surface area contributed by atoms with Crippen LogP contribution in [0.25, 0.3) is 0 Å². The van der Waals surface area contributed by atoms with E-state index in [1.165, 1.54) is 93.7 Å². The van der Waals surface area contributed by atoms with Crippen molar-refractivity contribution < 1.29 is 28.6 Å². The molecule has 0 spiro atoms. The van der Waals surface area contributed by atoms with Crippen LogP contribution in [0.4, 0.5) is 17.1 Å². The number of hydrogen-bond acceptors (Lipinski definition) is 9. The highest BCUT2D eigenvalue weighted by Gasteiger charge is 2.63. The van der Waals surface area contributed by atoms with E-state index in [-0.39, 0.29) is 33.6 Å². The fourth-order valence-corrected chi connectivity index (χ4v) is 18.7. The topological polar surface area (TPSA) is 157 Å². The van der Waals surface area contributed by atoms with Crippen LogP contribution in [0.2, 0.25) is 0 Å². The van der Waals surface area contributed by atoms with Gasteiger partial charge in [-0.1, -0.05) is 0 Å². The van der Waals surface area contributed by atoms with Crippen LogP contribution in [0.3, 0.4) is 0 Å². The molecule has 0 saturated heterocycles. The molecule has 0 unspecified atom stereocenters. The standard InChI is InChI=1S/C60H69N3O6/c1-31(64)43-4-7-49(46(61)19-43)67-55-53(59-25-37-13-38(26-59)15-39(14-37)27-59)52(58-22-34-10-35(23-58)12-36(11-34)24-58)54(60-28-40-16-41(29-60)18-42(17-40)30-60)56(68-50-8-5-44(32(2)65)20-47(50)62)57(55)69-51-9-6-45(33(3)66)21-48(51)63/h4-9,19-21,34-42H,10-18,22-30,61-63H2,1-3H3. The third kappa shape index (κ3) is 7.07. The largest absolute Gasteiger partial charge is 0.451 e. The maximum absolute atomic E-state index is 12.8. The van der Waals surface area contributed by atoms with Gasteiger partial charge in [0.25, 0.3) is 0 Å². The van der Waals surface area contributed by atoms with E-state index in [4.69, 9.17) is 31.4 Å². The lowest BCUT2D eigenvalue weighted by molar-refractivity contribution is -0.0255. The van der Waals surface area contributed by atoms with Crippen LogP contribution in [0.5, 0.6) is 34.5 Å². The molecule has 0 amide bonds. The fourth-order valence-electron chi connectivity index (χ4n) is 18.7. The summed E-state index contributed by atoms with van der Waals surface area (Å²) < 4.78 is 22.9. The summed E-state index contributed by atoms with van der Waals surface area (Å²) >= 11 is 0. The number of anilines is 3. The Kier molecular flexibility index (Phi) is 9.87. The SMILES string of the molecule is CC(=O)c1ccc(Oc2c(Oc3ccc(C(C)=O)cc3N)c(C34CC5CC(CC(C5)C3)C4)c(C34CC5CC(CC(C5)C3)C4)c(C34CC5CC(CC(C5)C3)C4)c2Oc2ccc(C(C)=O)cc2N)c(N)c1. The van der Waals surface area contributed by atoms with Crippen molar-refractivity contribution in [2.24, 2.45) is 53.3 Å². The molecule has 12 saturated carbocycles. The number of carbonyl (C=O) groups excluding carboxylic acids is 3. The summed E-state index contributed by atoms with van der Waals surface area (Å²) in [6.07, 6.45) is 21.9. The van der Waals surface area contributed by atoms with Gasteiger partial charge in [-0.05, 0) is 255 Å². The molecule has 0 radical (unpaired) electrons. The first-order valence-corrected chi connectivity index (χ1v) is 26.6. The number of rotatable bonds is 12. The average molecular weight is 928 g/mol. The summed E-state index contributed by atoms with van der Waals surface area (Å²) in [7, 11) is 0. The molecule has 12 fully saturated rings. The number of nitrogen functional groups attached to an aromatic ring is 3. The van der Waals surface area contributed by atoms with Crippen LogP contribution >= 0.6 is 0 Å². The Labute approximate surface area is 407 Å². The van der Waals surface area contributed by atoms with Gasteiger partial charge in [-0.2, -0.15) is 0 Å². The number of carbonyl (C=O) groups is 3. The molecule has 12 aliphatic rings. The highest BCUT2D eigenvalue weighted by Crippen LogP contribution is 2.73. The van der Waals surface area contributed by atoms with Crippen molar-refractivity contribution in [2.45, 2.75) is 153 Å². The van der Waals surface area contributed by atoms with Gasteiger partial charge in [0.15, 0.2) is 46.1 Å². The van der Waals surface area contributed by atoms with E-state index in [1.807, 2.05) is 30.3 Å². The Bertz CT molecular complexity index is 2620. The summed E-state index contributed by atoms with van der Waals surface area (Å²) in [6, 6.07) is 16.1. The lowest BCUT2D eigenvalue weighted by Crippen LogP contribution is -2.55. The van der Waals surface area contributed by atoms with E-state index in [0.717, 1.165) is 38.5 Å². The van der Waals surface area contributed by atoms with Gasteiger partial charge >= 0.3 is 0 Å². The molecule has 9 heteroatoms. The molecule has 69 heavy (non-hydrogen) atoms. The highest BCUT2D eigenvalue weighted by molar-refractivity contribution is 5.96. The van der Waals surface area contributed by atoms with Crippen LogP contribution in [0.1, 0.15) is 184 Å². The van der Waals surface area contributed by atoms with Crippen molar-refractivity contribution in [1.82, 2.24) is 0 Å². The molecule has 16 rings (SSSR count). The smallest absolute Gasteiger partial charge is 0.213 e. The number of hydrogen-bond donors (Lipinski definition) is 3. The maximum atomic E-state index is 12.8. The first-order valence-electron chi connectivity index (χ1n) is 26.6. The van der Waals surface area contributed by atoms with Crippen LogP contribution in [-0.2, 0) is 16.2 Å².